The van der Waals surface area contributed by atoms with E-state index in [1.165, 1.54) is 6.08 Å². The maximum absolute atomic E-state index is 12.0. The molecule has 104 valence electrons. The molecule has 1 aromatic heterocycles. The lowest BCUT2D eigenvalue weighted by Crippen LogP contribution is -2.10. The number of nitrogens with zero attached hydrogens (tertiary/aromatic N) is 2. The van der Waals surface area contributed by atoms with Crippen molar-refractivity contribution < 1.29 is 4.79 Å². The molecular weight excluding hydrogens is 250 g/mol. The van der Waals surface area contributed by atoms with Crippen LogP contribution in [0.4, 0.5) is 5.69 Å². The lowest BCUT2D eigenvalue weighted by Gasteiger charge is -2.11. The SMILES string of the molecule is CCc1cccc(C)c1NC(=O)/C=C/c1cnn(C)c1. The maximum atomic E-state index is 12.0. The highest BCUT2D eigenvalue weighted by atomic mass is 16.1. The van der Waals surface area contributed by atoms with Crippen LogP contribution >= 0.6 is 0 Å². The van der Waals surface area contributed by atoms with E-state index < -0.39 is 0 Å². The average Bonchev–Trinajstić information content (AvgIpc) is 2.84. The van der Waals surface area contributed by atoms with E-state index in [1.54, 1.807) is 17.0 Å². The number of aromatic nitrogens is 2. The van der Waals surface area contributed by atoms with E-state index in [0.717, 1.165) is 28.8 Å². The highest BCUT2D eigenvalue weighted by molar-refractivity contribution is 6.02. The molecule has 0 aliphatic rings. The number of carbonyl (C=O) groups is 1. The summed E-state index contributed by atoms with van der Waals surface area (Å²) in [5.74, 6) is -0.127. The largest absolute Gasteiger partial charge is 0.322 e. The van der Waals surface area contributed by atoms with Crippen LogP contribution in [0.1, 0.15) is 23.6 Å². The van der Waals surface area contributed by atoms with Crippen LogP contribution in [0, 0.1) is 6.92 Å². The van der Waals surface area contributed by atoms with Crippen LogP contribution in [-0.4, -0.2) is 15.7 Å². The van der Waals surface area contributed by atoms with Crippen LogP contribution in [0.15, 0.2) is 36.7 Å². The first-order chi connectivity index (χ1) is 9.60. The molecule has 0 fully saturated rings. The number of hydrogen-bond acceptors (Lipinski definition) is 2. The summed E-state index contributed by atoms with van der Waals surface area (Å²) in [6, 6.07) is 6.04. The summed E-state index contributed by atoms with van der Waals surface area (Å²) < 4.78 is 1.70. The molecule has 20 heavy (non-hydrogen) atoms. The Bertz CT molecular complexity index is 641. The van der Waals surface area contributed by atoms with Crippen molar-refractivity contribution in [1.29, 1.82) is 0 Å². The first-order valence-electron chi connectivity index (χ1n) is 6.66. The van der Waals surface area contributed by atoms with Crippen molar-refractivity contribution in [2.45, 2.75) is 20.3 Å². The minimum atomic E-state index is -0.127. The number of amides is 1. The van der Waals surface area contributed by atoms with E-state index >= 15 is 0 Å². The summed E-state index contributed by atoms with van der Waals surface area (Å²) in [6.07, 6.45) is 7.75. The number of nitrogens with one attached hydrogen (secondary N) is 1. The molecule has 1 N–H and O–H groups in total. The van der Waals surface area contributed by atoms with E-state index in [4.69, 9.17) is 0 Å². The molecule has 0 aliphatic carbocycles. The summed E-state index contributed by atoms with van der Waals surface area (Å²) in [6.45, 7) is 4.08. The lowest BCUT2D eigenvalue weighted by atomic mass is 10.1. The van der Waals surface area contributed by atoms with E-state index in [1.807, 2.05) is 38.4 Å². The van der Waals surface area contributed by atoms with Gasteiger partial charge in [0.2, 0.25) is 5.91 Å². The van der Waals surface area contributed by atoms with E-state index in [0.29, 0.717) is 0 Å². The Morgan fingerprint density at radius 2 is 2.25 bits per heavy atom. The number of para-hydroxylation sites is 1. The summed E-state index contributed by atoms with van der Waals surface area (Å²) in [5.41, 5.74) is 4.04. The first-order valence-corrected chi connectivity index (χ1v) is 6.66. The molecule has 0 aliphatic heterocycles. The van der Waals surface area contributed by atoms with Gasteiger partial charge in [0.15, 0.2) is 0 Å². The fourth-order valence-electron chi connectivity index (χ4n) is 2.07. The lowest BCUT2D eigenvalue weighted by molar-refractivity contribution is -0.111. The third-order valence-corrected chi connectivity index (χ3v) is 3.14. The van der Waals surface area contributed by atoms with Crippen LogP contribution in [0.3, 0.4) is 0 Å². The second-order valence-electron chi connectivity index (χ2n) is 4.73. The van der Waals surface area contributed by atoms with Crippen molar-refractivity contribution in [3.05, 3.63) is 53.4 Å². The first kappa shape index (κ1) is 14.1. The molecule has 0 radical (unpaired) electrons. The topological polar surface area (TPSA) is 46.9 Å². The minimum absolute atomic E-state index is 0.127. The van der Waals surface area contributed by atoms with Crippen LogP contribution in [0.5, 0.6) is 0 Å². The average molecular weight is 269 g/mol. The van der Waals surface area contributed by atoms with Gasteiger partial charge in [-0.2, -0.15) is 5.10 Å². The Hall–Kier alpha value is -2.36. The molecule has 0 unspecified atom stereocenters. The number of anilines is 1. The number of rotatable bonds is 4. The third-order valence-electron chi connectivity index (χ3n) is 3.14. The molecule has 4 nitrogen and oxygen atoms in total. The van der Waals surface area contributed by atoms with Crippen molar-refractivity contribution in [3.8, 4) is 0 Å². The predicted octanol–water partition coefficient (Wildman–Crippen LogP) is 2.94. The number of hydrogen-bond donors (Lipinski definition) is 1. The molecule has 0 bridgehead atoms. The van der Waals surface area contributed by atoms with Gasteiger partial charge in [0.05, 0.1) is 6.20 Å². The van der Waals surface area contributed by atoms with Crippen molar-refractivity contribution >= 4 is 17.7 Å². The standard InChI is InChI=1S/C16H19N3O/c1-4-14-7-5-6-12(2)16(14)18-15(20)9-8-13-10-17-19(3)11-13/h5-11H,4H2,1-3H3,(H,18,20)/b9-8+. The molecule has 4 heteroatoms. The van der Waals surface area contributed by atoms with Gasteiger partial charge in [-0.25, -0.2) is 0 Å². The fraction of sp³-hybridized carbons (Fsp3) is 0.250. The second kappa shape index (κ2) is 6.19. The second-order valence-corrected chi connectivity index (χ2v) is 4.73. The zero-order valence-corrected chi connectivity index (χ0v) is 12.1. The van der Waals surface area contributed by atoms with E-state index in [9.17, 15) is 4.79 Å². The smallest absolute Gasteiger partial charge is 0.248 e. The van der Waals surface area contributed by atoms with Crippen molar-refractivity contribution in [2.24, 2.45) is 7.05 Å². The van der Waals surface area contributed by atoms with E-state index in [2.05, 4.69) is 17.3 Å². The molecule has 1 heterocycles. The van der Waals surface area contributed by atoms with Crippen molar-refractivity contribution in [2.75, 3.05) is 5.32 Å². The number of benzene rings is 1. The predicted molar refractivity (Wildman–Crippen MR) is 81.4 cm³/mol. The van der Waals surface area contributed by atoms with Crippen LogP contribution in [-0.2, 0) is 18.3 Å². The fourth-order valence-corrected chi connectivity index (χ4v) is 2.07. The molecule has 2 rings (SSSR count). The maximum Gasteiger partial charge on any atom is 0.248 e. The van der Waals surface area contributed by atoms with Gasteiger partial charge in [-0.1, -0.05) is 25.1 Å². The molecule has 0 saturated heterocycles. The number of carbonyl (C=O) groups excluding carboxylic acids is 1. The Kier molecular flexibility index (Phi) is 4.35. The molecule has 0 spiro atoms. The Labute approximate surface area is 119 Å². The molecule has 0 saturated carbocycles. The van der Waals surface area contributed by atoms with Crippen LogP contribution < -0.4 is 5.32 Å². The Balaban J connectivity index is 2.10. The molecule has 0 atom stereocenters. The summed E-state index contributed by atoms with van der Waals surface area (Å²) >= 11 is 0. The summed E-state index contributed by atoms with van der Waals surface area (Å²) in [4.78, 5) is 12.0. The zero-order chi connectivity index (χ0) is 14.5. The zero-order valence-electron chi connectivity index (χ0n) is 12.1. The van der Waals surface area contributed by atoms with Gasteiger partial charge in [-0.15, -0.1) is 0 Å². The summed E-state index contributed by atoms with van der Waals surface area (Å²) in [7, 11) is 1.85. The Morgan fingerprint density at radius 1 is 1.45 bits per heavy atom. The van der Waals surface area contributed by atoms with Gasteiger partial charge in [0.25, 0.3) is 0 Å². The third kappa shape index (κ3) is 3.35. The van der Waals surface area contributed by atoms with Gasteiger partial charge in [-0.05, 0) is 30.5 Å². The highest BCUT2D eigenvalue weighted by Gasteiger charge is 2.06. The van der Waals surface area contributed by atoms with Crippen LogP contribution in [0.25, 0.3) is 6.08 Å². The van der Waals surface area contributed by atoms with Gasteiger partial charge in [-0.3, -0.25) is 9.48 Å². The number of aryl methyl sites for hydroxylation is 3. The molecule has 1 aromatic carbocycles. The van der Waals surface area contributed by atoms with Crippen molar-refractivity contribution in [3.63, 3.8) is 0 Å². The van der Waals surface area contributed by atoms with E-state index in [-0.39, 0.29) is 5.91 Å². The van der Waals surface area contributed by atoms with Gasteiger partial charge in [0, 0.05) is 30.6 Å². The monoisotopic (exact) mass is 269 g/mol. The van der Waals surface area contributed by atoms with Crippen molar-refractivity contribution in [1.82, 2.24) is 9.78 Å². The normalized spacial score (nSPS) is 10.9. The summed E-state index contributed by atoms with van der Waals surface area (Å²) in [5, 5.41) is 7.01. The minimum Gasteiger partial charge on any atom is -0.322 e. The molecular formula is C16H19N3O. The Morgan fingerprint density at radius 3 is 2.90 bits per heavy atom. The highest BCUT2D eigenvalue weighted by Crippen LogP contribution is 2.21. The van der Waals surface area contributed by atoms with Gasteiger partial charge >= 0.3 is 0 Å². The quantitative estimate of drug-likeness (QED) is 0.867. The van der Waals surface area contributed by atoms with Gasteiger partial charge in [0.1, 0.15) is 0 Å². The molecule has 1 amide bonds. The van der Waals surface area contributed by atoms with Gasteiger partial charge < -0.3 is 5.32 Å². The van der Waals surface area contributed by atoms with Crippen LogP contribution in [0.2, 0.25) is 0 Å². The molecule has 2 aromatic rings.